The standard InChI is InChI=1S/C14H23N5O/c1-4-19(12-5-7-18(3)8-6-12)13(20)11-9-16-14(15-2)17-10-11/h9-10,12H,4-8H2,1-3H3,(H,15,16,17). The van der Waals surface area contributed by atoms with Crippen molar-refractivity contribution in [3.8, 4) is 0 Å². The molecule has 0 spiro atoms. The zero-order chi connectivity index (χ0) is 14.5. The fourth-order valence-electron chi connectivity index (χ4n) is 2.61. The van der Waals surface area contributed by atoms with Gasteiger partial charge in [-0.2, -0.15) is 0 Å². The zero-order valence-corrected chi connectivity index (χ0v) is 12.5. The molecule has 0 unspecified atom stereocenters. The molecule has 1 fully saturated rings. The van der Waals surface area contributed by atoms with Crippen LogP contribution in [0.4, 0.5) is 5.95 Å². The van der Waals surface area contributed by atoms with E-state index in [4.69, 9.17) is 0 Å². The summed E-state index contributed by atoms with van der Waals surface area (Å²) in [6.07, 6.45) is 5.26. The molecule has 1 aromatic rings. The Bertz CT molecular complexity index is 439. The Morgan fingerprint density at radius 3 is 2.50 bits per heavy atom. The highest BCUT2D eigenvalue weighted by atomic mass is 16.2. The fourth-order valence-corrected chi connectivity index (χ4v) is 2.61. The summed E-state index contributed by atoms with van der Waals surface area (Å²) in [5, 5.41) is 2.85. The van der Waals surface area contributed by atoms with Crippen LogP contribution in [0.1, 0.15) is 30.1 Å². The second kappa shape index (κ2) is 6.65. The fraction of sp³-hybridized carbons (Fsp3) is 0.643. The van der Waals surface area contributed by atoms with E-state index in [2.05, 4.69) is 27.2 Å². The lowest BCUT2D eigenvalue weighted by atomic mass is 10.0. The molecule has 1 amide bonds. The van der Waals surface area contributed by atoms with Crippen LogP contribution >= 0.6 is 0 Å². The Morgan fingerprint density at radius 2 is 2.00 bits per heavy atom. The molecule has 2 rings (SSSR count). The number of anilines is 1. The van der Waals surface area contributed by atoms with Gasteiger partial charge in [-0.25, -0.2) is 9.97 Å². The first-order valence-corrected chi connectivity index (χ1v) is 7.15. The van der Waals surface area contributed by atoms with Gasteiger partial charge in [0.25, 0.3) is 5.91 Å². The maximum atomic E-state index is 12.6. The molecule has 0 saturated carbocycles. The molecule has 0 radical (unpaired) electrons. The molecule has 1 saturated heterocycles. The summed E-state index contributed by atoms with van der Waals surface area (Å²) in [4.78, 5) is 25.1. The Balaban J connectivity index is 2.07. The second-order valence-electron chi connectivity index (χ2n) is 5.17. The minimum absolute atomic E-state index is 0.0321. The van der Waals surface area contributed by atoms with Crippen molar-refractivity contribution in [3.63, 3.8) is 0 Å². The third kappa shape index (κ3) is 3.25. The van der Waals surface area contributed by atoms with Crippen molar-refractivity contribution in [1.82, 2.24) is 19.8 Å². The predicted octanol–water partition coefficient (Wildman–Crippen LogP) is 1.07. The number of hydrogen-bond donors (Lipinski definition) is 1. The van der Waals surface area contributed by atoms with E-state index in [0.29, 0.717) is 17.6 Å². The van der Waals surface area contributed by atoms with Gasteiger partial charge < -0.3 is 15.1 Å². The van der Waals surface area contributed by atoms with Gasteiger partial charge in [-0.15, -0.1) is 0 Å². The summed E-state index contributed by atoms with van der Waals surface area (Å²) in [7, 11) is 3.88. The summed E-state index contributed by atoms with van der Waals surface area (Å²) in [5.41, 5.74) is 0.560. The van der Waals surface area contributed by atoms with Crippen LogP contribution in [0.25, 0.3) is 0 Å². The quantitative estimate of drug-likeness (QED) is 0.892. The number of nitrogens with zero attached hydrogens (tertiary/aromatic N) is 4. The summed E-state index contributed by atoms with van der Waals surface area (Å²) in [6.45, 7) is 4.84. The molecule has 2 heterocycles. The Labute approximate surface area is 120 Å². The minimum atomic E-state index is 0.0321. The number of rotatable bonds is 4. The number of aromatic nitrogens is 2. The molecule has 0 bridgehead atoms. The van der Waals surface area contributed by atoms with Gasteiger partial charge in [-0.1, -0.05) is 0 Å². The first kappa shape index (κ1) is 14.7. The third-order valence-electron chi connectivity index (χ3n) is 3.85. The minimum Gasteiger partial charge on any atom is -0.357 e. The van der Waals surface area contributed by atoms with Crippen molar-refractivity contribution in [2.24, 2.45) is 0 Å². The smallest absolute Gasteiger partial charge is 0.257 e. The van der Waals surface area contributed by atoms with Crippen molar-refractivity contribution in [2.45, 2.75) is 25.8 Å². The van der Waals surface area contributed by atoms with Gasteiger partial charge in [0, 0.05) is 32.0 Å². The summed E-state index contributed by atoms with van der Waals surface area (Å²) in [6, 6.07) is 0.327. The Hall–Kier alpha value is -1.69. The summed E-state index contributed by atoms with van der Waals surface area (Å²) >= 11 is 0. The molecule has 1 aromatic heterocycles. The van der Waals surface area contributed by atoms with Gasteiger partial charge >= 0.3 is 0 Å². The monoisotopic (exact) mass is 277 g/mol. The largest absolute Gasteiger partial charge is 0.357 e. The van der Waals surface area contributed by atoms with Gasteiger partial charge in [0.2, 0.25) is 5.95 Å². The number of likely N-dealkylation sites (tertiary alicyclic amines) is 1. The second-order valence-corrected chi connectivity index (χ2v) is 5.17. The molecule has 0 aliphatic carbocycles. The van der Waals surface area contributed by atoms with E-state index < -0.39 is 0 Å². The van der Waals surface area contributed by atoms with Gasteiger partial charge in [-0.3, -0.25) is 4.79 Å². The highest BCUT2D eigenvalue weighted by Crippen LogP contribution is 2.17. The molecule has 0 atom stereocenters. The van der Waals surface area contributed by atoms with Crippen molar-refractivity contribution >= 4 is 11.9 Å². The lowest BCUT2D eigenvalue weighted by Gasteiger charge is -2.36. The lowest BCUT2D eigenvalue weighted by Crippen LogP contribution is -2.46. The van der Waals surface area contributed by atoms with Gasteiger partial charge in [0.15, 0.2) is 0 Å². The van der Waals surface area contributed by atoms with Crippen LogP contribution in [0.15, 0.2) is 12.4 Å². The number of piperidine rings is 1. The van der Waals surface area contributed by atoms with Crippen molar-refractivity contribution in [1.29, 1.82) is 0 Å². The number of amides is 1. The maximum absolute atomic E-state index is 12.6. The highest BCUT2D eigenvalue weighted by Gasteiger charge is 2.26. The van der Waals surface area contributed by atoms with Gasteiger partial charge in [-0.05, 0) is 39.9 Å². The van der Waals surface area contributed by atoms with Crippen molar-refractivity contribution < 1.29 is 4.79 Å². The van der Waals surface area contributed by atoms with Crippen LogP contribution in [0, 0.1) is 0 Å². The van der Waals surface area contributed by atoms with E-state index in [1.807, 2.05) is 11.8 Å². The predicted molar refractivity (Wildman–Crippen MR) is 78.8 cm³/mol. The average molecular weight is 277 g/mol. The van der Waals surface area contributed by atoms with Crippen molar-refractivity contribution in [3.05, 3.63) is 18.0 Å². The van der Waals surface area contributed by atoms with Crippen LogP contribution in [0.2, 0.25) is 0 Å². The van der Waals surface area contributed by atoms with Crippen LogP contribution in [0.3, 0.4) is 0 Å². The van der Waals surface area contributed by atoms with Crippen LogP contribution in [-0.2, 0) is 0 Å². The highest BCUT2D eigenvalue weighted by molar-refractivity contribution is 5.93. The Morgan fingerprint density at radius 1 is 1.40 bits per heavy atom. The summed E-state index contributed by atoms with van der Waals surface area (Å²) in [5.74, 6) is 0.564. The van der Waals surface area contributed by atoms with Gasteiger partial charge in [0.1, 0.15) is 0 Å². The average Bonchev–Trinajstić information content (AvgIpc) is 2.50. The lowest BCUT2D eigenvalue weighted by molar-refractivity contribution is 0.0605. The number of carbonyl (C=O) groups excluding carboxylic acids is 1. The topological polar surface area (TPSA) is 61.4 Å². The molecule has 0 aromatic carbocycles. The molecule has 1 aliphatic rings. The summed E-state index contributed by atoms with van der Waals surface area (Å²) < 4.78 is 0. The van der Waals surface area contributed by atoms with E-state index in [9.17, 15) is 4.79 Å². The normalized spacial score (nSPS) is 16.9. The van der Waals surface area contributed by atoms with Crippen LogP contribution in [0.5, 0.6) is 0 Å². The maximum Gasteiger partial charge on any atom is 0.257 e. The molecule has 6 heteroatoms. The van der Waals surface area contributed by atoms with Crippen LogP contribution < -0.4 is 5.32 Å². The van der Waals surface area contributed by atoms with E-state index in [1.54, 1.807) is 19.4 Å². The first-order chi connectivity index (χ1) is 9.65. The van der Waals surface area contributed by atoms with Crippen LogP contribution in [-0.4, -0.2) is 65.4 Å². The number of carbonyl (C=O) groups is 1. The molecular weight excluding hydrogens is 254 g/mol. The van der Waals surface area contributed by atoms with E-state index in [1.165, 1.54) is 0 Å². The number of nitrogens with one attached hydrogen (secondary N) is 1. The molecular formula is C14H23N5O. The van der Waals surface area contributed by atoms with Crippen molar-refractivity contribution in [2.75, 3.05) is 39.0 Å². The molecule has 1 N–H and O–H groups in total. The third-order valence-corrected chi connectivity index (χ3v) is 3.85. The van der Waals surface area contributed by atoms with E-state index in [-0.39, 0.29) is 5.91 Å². The van der Waals surface area contributed by atoms with E-state index >= 15 is 0 Å². The first-order valence-electron chi connectivity index (χ1n) is 7.15. The molecule has 20 heavy (non-hydrogen) atoms. The van der Waals surface area contributed by atoms with Gasteiger partial charge in [0.05, 0.1) is 5.56 Å². The molecule has 110 valence electrons. The van der Waals surface area contributed by atoms with E-state index in [0.717, 1.165) is 32.5 Å². The molecule has 1 aliphatic heterocycles. The molecule has 6 nitrogen and oxygen atoms in total. The number of hydrogen-bond acceptors (Lipinski definition) is 5. The Kier molecular flexibility index (Phi) is 4.89. The SMILES string of the molecule is CCN(C(=O)c1cnc(NC)nc1)C1CCN(C)CC1. The zero-order valence-electron chi connectivity index (χ0n) is 12.5.